The Morgan fingerprint density at radius 3 is 2.59 bits per heavy atom. The number of halogens is 3. The largest absolute Gasteiger partial charge is 0.392 e. The van der Waals surface area contributed by atoms with Crippen LogP contribution in [0, 0.1) is 23.4 Å². The Morgan fingerprint density at radius 2 is 1.86 bits per heavy atom. The Kier molecular flexibility index (Phi) is 5.01. The molecule has 1 aliphatic rings. The molecule has 150 valence electrons. The first-order valence-electron chi connectivity index (χ1n) is 8.89. The van der Waals surface area contributed by atoms with Gasteiger partial charge in [-0.2, -0.15) is 15.3 Å². The number of hydrogen-bond acceptors (Lipinski definition) is 5. The zero-order valence-corrected chi connectivity index (χ0v) is 15.1. The number of aromatic nitrogens is 4. The summed E-state index contributed by atoms with van der Waals surface area (Å²) in [4.78, 5) is 14.3. The Morgan fingerprint density at radius 1 is 1.14 bits per heavy atom. The van der Waals surface area contributed by atoms with E-state index in [0.29, 0.717) is 35.6 Å². The lowest BCUT2D eigenvalue weighted by Gasteiger charge is -2.14. The first-order valence-corrected chi connectivity index (χ1v) is 8.89. The third-order valence-corrected chi connectivity index (χ3v) is 4.96. The number of carbonyl (C=O) groups excluding carboxylic acids is 1. The van der Waals surface area contributed by atoms with Crippen LogP contribution in [0.3, 0.4) is 0 Å². The summed E-state index contributed by atoms with van der Waals surface area (Å²) < 4.78 is 40.0. The number of aliphatic hydroxyl groups is 1. The van der Waals surface area contributed by atoms with Gasteiger partial charge in [0, 0.05) is 29.7 Å². The van der Waals surface area contributed by atoms with Gasteiger partial charge in [-0.05, 0) is 30.5 Å². The summed E-state index contributed by atoms with van der Waals surface area (Å²) in [7, 11) is 0. The molecule has 4 rings (SSSR count). The predicted octanol–water partition coefficient (Wildman–Crippen LogP) is 2.37. The Balaban J connectivity index is 1.52. The smallest absolute Gasteiger partial charge is 0.231 e. The molecule has 2 aromatic heterocycles. The molecule has 0 saturated carbocycles. The molecule has 2 N–H and O–H groups in total. The highest BCUT2D eigenvalue weighted by Crippen LogP contribution is 2.30. The molecular weight excluding hydrogens is 387 g/mol. The van der Waals surface area contributed by atoms with Crippen LogP contribution in [0.4, 0.5) is 19.0 Å². The Bertz CT molecular complexity index is 1050. The fraction of sp³-hybridized carbons (Fsp3) is 0.263. The van der Waals surface area contributed by atoms with E-state index < -0.39 is 23.4 Å². The number of rotatable bonds is 5. The molecule has 7 nitrogen and oxygen atoms in total. The summed E-state index contributed by atoms with van der Waals surface area (Å²) in [6, 6.07) is 3.48. The van der Waals surface area contributed by atoms with Crippen molar-refractivity contribution in [2.75, 3.05) is 11.4 Å². The zero-order chi connectivity index (χ0) is 20.5. The highest BCUT2D eigenvalue weighted by Gasteiger charge is 2.34. The molecule has 0 radical (unpaired) electrons. The molecule has 0 bridgehead atoms. The van der Waals surface area contributed by atoms with Crippen molar-refractivity contribution in [3.8, 4) is 11.3 Å². The molecule has 29 heavy (non-hydrogen) atoms. The number of amides is 1. The van der Waals surface area contributed by atoms with Gasteiger partial charge in [-0.25, -0.2) is 13.2 Å². The van der Waals surface area contributed by atoms with Crippen LogP contribution in [-0.2, 0) is 17.8 Å². The van der Waals surface area contributed by atoms with Crippen LogP contribution in [0.1, 0.15) is 17.5 Å². The molecular formula is C19H16F3N5O2. The predicted molar refractivity (Wildman–Crippen MR) is 96.0 cm³/mol. The summed E-state index contributed by atoms with van der Waals surface area (Å²) in [6.45, 7) is 0.168. The molecule has 1 aromatic carbocycles. The fourth-order valence-electron chi connectivity index (χ4n) is 3.47. The lowest BCUT2D eigenvalue weighted by molar-refractivity contribution is -0.120. The summed E-state index contributed by atoms with van der Waals surface area (Å²) in [5, 5.41) is 23.9. The lowest BCUT2D eigenvalue weighted by atomic mass is 9.98. The van der Waals surface area contributed by atoms with Crippen molar-refractivity contribution in [2.45, 2.75) is 19.4 Å². The summed E-state index contributed by atoms with van der Waals surface area (Å²) >= 11 is 0. The van der Waals surface area contributed by atoms with E-state index in [1.54, 1.807) is 6.07 Å². The van der Waals surface area contributed by atoms with Gasteiger partial charge in [0.25, 0.3) is 0 Å². The van der Waals surface area contributed by atoms with Crippen molar-refractivity contribution < 1.29 is 23.1 Å². The fourth-order valence-corrected chi connectivity index (χ4v) is 3.47. The minimum atomic E-state index is -1.52. The van der Waals surface area contributed by atoms with Crippen LogP contribution in [-0.4, -0.2) is 38.0 Å². The molecule has 10 heteroatoms. The van der Waals surface area contributed by atoms with E-state index in [-0.39, 0.29) is 24.5 Å². The first kappa shape index (κ1) is 19.1. The van der Waals surface area contributed by atoms with E-state index >= 15 is 0 Å². The van der Waals surface area contributed by atoms with Crippen molar-refractivity contribution in [1.29, 1.82) is 0 Å². The number of carbonyl (C=O) groups is 1. The zero-order valence-electron chi connectivity index (χ0n) is 15.1. The van der Waals surface area contributed by atoms with Crippen molar-refractivity contribution in [2.24, 2.45) is 5.92 Å². The molecule has 1 amide bonds. The average Bonchev–Trinajstić information content (AvgIpc) is 3.33. The molecule has 1 fully saturated rings. The summed E-state index contributed by atoms with van der Waals surface area (Å²) in [5.74, 6) is -4.31. The van der Waals surface area contributed by atoms with Gasteiger partial charge in [-0.3, -0.25) is 14.8 Å². The molecule has 0 spiro atoms. The second-order valence-electron chi connectivity index (χ2n) is 6.78. The van der Waals surface area contributed by atoms with E-state index in [2.05, 4.69) is 20.4 Å². The number of anilines is 1. The quantitative estimate of drug-likeness (QED) is 0.638. The van der Waals surface area contributed by atoms with Crippen LogP contribution in [0.5, 0.6) is 0 Å². The van der Waals surface area contributed by atoms with Gasteiger partial charge in [-0.1, -0.05) is 0 Å². The Hall–Kier alpha value is -3.27. The highest BCUT2D eigenvalue weighted by atomic mass is 19.2. The third-order valence-electron chi connectivity index (χ3n) is 4.96. The second-order valence-corrected chi connectivity index (χ2v) is 6.78. The topological polar surface area (TPSA) is 95.0 Å². The molecule has 1 saturated heterocycles. The monoisotopic (exact) mass is 403 g/mol. The van der Waals surface area contributed by atoms with Gasteiger partial charge in [0.15, 0.2) is 17.5 Å². The van der Waals surface area contributed by atoms with E-state index in [9.17, 15) is 23.1 Å². The SMILES string of the molecule is O=C1C(Cc2cc(F)c(F)c(F)c2)CCN1c1cc(-c2cnncc2CO)n[nH]1. The van der Waals surface area contributed by atoms with E-state index in [1.807, 2.05) is 0 Å². The first-order chi connectivity index (χ1) is 14.0. The second kappa shape index (κ2) is 7.63. The summed E-state index contributed by atoms with van der Waals surface area (Å²) in [6.07, 6.45) is 3.49. The van der Waals surface area contributed by atoms with Gasteiger partial charge >= 0.3 is 0 Å². The van der Waals surface area contributed by atoms with Crippen LogP contribution >= 0.6 is 0 Å². The molecule has 1 unspecified atom stereocenters. The number of hydrogen-bond donors (Lipinski definition) is 2. The number of aromatic amines is 1. The molecule has 1 atom stereocenters. The lowest BCUT2D eigenvalue weighted by Crippen LogP contribution is -2.28. The van der Waals surface area contributed by atoms with Crippen LogP contribution in [0.15, 0.2) is 30.6 Å². The normalized spacial score (nSPS) is 16.6. The molecule has 1 aliphatic heterocycles. The van der Waals surface area contributed by atoms with Gasteiger partial charge in [0.1, 0.15) is 5.82 Å². The van der Waals surface area contributed by atoms with Crippen LogP contribution in [0.2, 0.25) is 0 Å². The van der Waals surface area contributed by atoms with Gasteiger partial charge in [0.05, 0.1) is 24.7 Å². The standard InChI is InChI=1S/C19H16F3N5O2/c20-14-4-10(5-15(21)18(14)22)3-11-1-2-27(19(11)29)17-6-16(25-26-17)13-8-24-23-7-12(13)9-28/h4-8,11,28H,1-3,9H2,(H,25,26). The number of benzene rings is 1. The maximum absolute atomic E-state index is 13.4. The number of nitrogens with zero attached hydrogens (tertiary/aromatic N) is 4. The molecule has 3 heterocycles. The van der Waals surface area contributed by atoms with Crippen molar-refractivity contribution in [3.05, 3.63) is 59.2 Å². The minimum absolute atomic E-state index is 0.105. The maximum Gasteiger partial charge on any atom is 0.231 e. The van der Waals surface area contributed by atoms with Gasteiger partial charge in [0.2, 0.25) is 5.91 Å². The Labute approximate surface area is 163 Å². The van der Waals surface area contributed by atoms with E-state index in [0.717, 1.165) is 12.1 Å². The van der Waals surface area contributed by atoms with E-state index in [4.69, 9.17) is 0 Å². The van der Waals surface area contributed by atoms with Crippen LogP contribution in [0.25, 0.3) is 11.3 Å². The molecule has 3 aromatic rings. The maximum atomic E-state index is 13.4. The number of H-pyrrole nitrogens is 1. The number of nitrogens with one attached hydrogen (secondary N) is 1. The van der Waals surface area contributed by atoms with E-state index in [1.165, 1.54) is 17.3 Å². The van der Waals surface area contributed by atoms with Gasteiger partial charge in [-0.15, -0.1) is 0 Å². The number of aliphatic hydroxyl groups excluding tert-OH is 1. The summed E-state index contributed by atoms with van der Waals surface area (Å²) in [5.41, 5.74) is 1.86. The molecule has 0 aliphatic carbocycles. The van der Waals surface area contributed by atoms with Crippen molar-refractivity contribution in [1.82, 2.24) is 20.4 Å². The average molecular weight is 403 g/mol. The minimum Gasteiger partial charge on any atom is -0.392 e. The van der Waals surface area contributed by atoms with Crippen LogP contribution < -0.4 is 4.90 Å². The van der Waals surface area contributed by atoms with Crippen molar-refractivity contribution >= 4 is 11.7 Å². The van der Waals surface area contributed by atoms with Crippen molar-refractivity contribution in [3.63, 3.8) is 0 Å². The van der Waals surface area contributed by atoms with Gasteiger partial charge < -0.3 is 5.11 Å². The highest BCUT2D eigenvalue weighted by molar-refractivity contribution is 5.96. The third kappa shape index (κ3) is 3.58.